The highest BCUT2D eigenvalue weighted by Crippen LogP contribution is 2.49. The maximum absolute atomic E-state index is 11.8. The highest BCUT2D eigenvalue weighted by Gasteiger charge is 2.58. The molecule has 0 aromatic carbocycles. The molecule has 0 radical (unpaired) electrons. The number of hydrogen-bond donors (Lipinski definition) is 0. The minimum atomic E-state index is -0.758. The second-order valence-electron chi connectivity index (χ2n) is 9.50. The van der Waals surface area contributed by atoms with Gasteiger partial charge in [-0.25, -0.2) is 0 Å². The smallest absolute Gasteiger partial charge is 0.303 e. The van der Waals surface area contributed by atoms with Crippen LogP contribution < -0.4 is 0 Å². The minimum absolute atomic E-state index is 0.112. The molecule has 1 saturated heterocycles. The normalized spacial score (nSPS) is 30.6. The van der Waals surface area contributed by atoms with E-state index in [-0.39, 0.29) is 28.8 Å². The highest BCUT2D eigenvalue weighted by molar-refractivity contribution is 5.67. The summed E-state index contributed by atoms with van der Waals surface area (Å²) in [4.78, 5) is 23.4. The summed E-state index contributed by atoms with van der Waals surface area (Å²) in [5.74, 6) is -0.897. The molecule has 1 heterocycles. The summed E-state index contributed by atoms with van der Waals surface area (Å²) in [5, 5.41) is 0. The van der Waals surface area contributed by atoms with Gasteiger partial charge in [-0.15, -0.1) is 0 Å². The minimum Gasteiger partial charge on any atom is -0.458 e. The Morgan fingerprint density at radius 2 is 1.33 bits per heavy atom. The molecule has 24 heavy (non-hydrogen) atoms. The van der Waals surface area contributed by atoms with Gasteiger partial charge in [0.25, 0.3) is 0 Å². The molecule has 1 aliphatic heterocycles. The summed E-state index contributed by atoms with van der Waals surface area (Å²) in [6.07, 6.45) is -1.36. The predicted octanol–water partition coefficient (Wildman–Crippen LogP) is 3.74. The fraction of sp³-hybridized carbons (Fsp3) is 0.895. The van der Waals surface area contributed by atoms with Gasteiger partial charge >= 0.3 is 11.9 Å². The highest BCUT2D eigenvalue weighted by atomic mass is 16.6. The molecule has 1 fully saturated rings. The van der Waals surface area contributed by atoms with E-state index in [0.717, 1.165) is 0 Å². The zero-order valence-electron chi connectivity index (χ0n) is 16.9. The molecule has 0 aromatic heterocycles. The first-order valence-electron chi connectivity index (χ1n) is 8.59. The van der Waals surface area contributed by atoms with Crippen LogP contribution in [-0.4, -0.2) is 35.9 Å². The molecule has 0 spiro atoms. The Morgan fingerprint density at radius 3 is 1.67 bits per heavy atom. The lowest BCUT2D eigenvalue weighted by Crippen LogP contribution is -2.66. The van der Waals surface area contributed by atoms with Gasteiger partial charge in [0, 0.05) is 19.8 Å². The number of carbonyl (C=O) groups excluding carboxylic acids is 2. The van der Waals surface area contributed by atoms with Gasteiger partial charge in [-0.2, -0.15) is 0 Å². The third kappa shape index (κ3) is 4.71. The molecule has 0 bridgehead atoms. The molecule has 1 rings (SSSR count). The van der Waals surface area contributed by atoms with Gasteiger partial charge in [0.2, 0.25) is 0 Å². The number of hydrogen-bond acceptors (Lipinski definition) is 5. The van der Waals surface area contributed by atoms with Crippen molar-refractivity contribution < 1.29 is 23.8 Å². The Morgan fingerprint density at radius 1 is 0.875 bits per heavy atom. The summed E-state index contributed by atoms with van der Waals surface area (Å²) in [6.45, 7) is 19.2. The van der Waals surface area contributed by atoms with Crippen LogP contribution in [0.25, 0.3) is 0 Å². The van der Waals surface area contributed by atoms with Gasteiger partial charge in [-0.1, -0.05) is 41.5 Å². The third-order valence-electron chi connectivity index (χ3n) is 4.54. The van der Waals surface area contributed by atoms with Crippen molar-refractivity contribution in [1.29, 1.82) is 0 Å². The molecule has 0 amide bonds. The van der Waals surface area contributed by atoms with E-state index < -0.39 is 23.8 Å². The van der Waals surface area contributed by atoms with Crippen LogP contribution in [-0.2, 0) is 23.8 Å². The molecule has 5 nitrogen and oxygen atoms in total. The number of rotatable bonds is 2. The zero-order chi connectivity index (χ0) is 19.1. The molecule has 0 N–H and O–H groups in total. The molecule has 1 aliphatic rings. The van der Waals surface area contributed by atoms with Gasteiger partial charge in [-0.05, 0) is 24.7 Å². The van der Waals surface area contributed by atoms with Crippen molar-refractivity contribution in [2.75, 3.05) is 0 Å². The topological polar surface area (TPSA) is 61.8 Å². The van der Waals surface area contributed by atoms with Gasteiger partial charge in [0.1, 0.15) is 11.7 Å². The van der Waals surface area contributed by atoms with E-state index >= 15 is 0 Å². The summed E-state index contributed by atoms with van der Waals surface area (Å²) in [5.41, 5.74) is -1.12. The molecule has 140 valence electrons. The molecule has 2 unspecified atom stereocenters. The van der Waals surface area contributed by atoms with Gasteiger partial charge in [0.15, 0.2) is 6.10 Å². The molecule has 5 heteroatoms. The first kappa shape index (κ1) is 20.9. The first-order valence-corrected chi connectivity index (χ1v) is 8.59. The van der Waals surface area contributed by atoms with Crippen LogP contribution in [0.4, 0.5) is 0 Å². The molecule has 0 aromatic rings. The van der Waals surface area contributed by atoms with E-state index in [9.17, 15) is 9.59 Å². The molecular weight excluding hydrogens is 308 g/mol. The van der Waals surface area contributed by atoms with Gasteiger partial charge in [-0.3, -0.25) is 9.59 Å². The number of esters is 2. The Balaban J connectivity index is 3.48. The molecule has 0 saturated carbocycles. The van der Waals surface area contributed by atoms with Crippen LogP contribution in [0.5, 0.6) is 0 Å². The summed E-state index contributed by atoms with van der Waals surface area (Å²) in [6, 6.07) is 0. The molecule has 4 atom stereocenters. The van der Waals surface area contributed by atoms with Gasteiger partial charge in [0.05, 0.1) is 6.10 Å². The quantitative estimate of drug-likeness (QED) is 0.716. The molecule has 0 aliphatic carbocycles. The standard InChI is InChI=1S/C19H34O5/c1-11(20)22-14-13(17(3,4)5)15(18(6,7)8)24-19(9,10)16(14)23-12(2)21/h13-16H,1-10H3/t13?,14-,15?,16-/m0/s1. The fourth-order valence-corrected chi connectivity index (χ4v) is 3.60. The van der Waals surface area contributed by atoms with Gasteiger partial charge < -0.3 is 14.2 Å². The number of carbonyl (C=O) groups is 2. The Kier molecular flexibility index (Phi) is 5.81. The summed E-state index contributed by atoms with van der Waals surface area (Å²) < 4.78 is 17.7. The van der Waals surface area contributed by atoms with E-state index in [2.05, 4.69) is 41.5 Å². The first-order chi connectivity index (χ1) is 10.6. The van der Waals surface area contributed by atoms with Crippen LogP contribution in [0.1, 0.15) is 69.2 Å². The predicted molar refractivity (Wildman–Crippen MR) is 92.5 cm³/mol. The average Bonchev–Trinajstić information content (AvgIpc) is 2.28. The van der Waals surface area contributed by atoms with E-state index in [1.807, 2.05) is 13.8 Å². The van der Waals surface area contributed by atoms with Crippen LogP contribution in [0.15, 0.2) is 0 Å². The Hall–Kier alpha value is -1.10. The second kappa shape index (κ2) is 6.66. The van der Waals surface area contributed by atoms with E-state index in [1.54, 1.807) is 0 Å². The largest absolute Gasteiger partial charge is 0.458 e. The number of ether oxygens (including phenoxy) is 3. The van der Waals surface area contributed by atoms with E-state index in [4.69, 9.17) is 14.2 Å². The summed E-state index contributed by atoms with van der Waals surface area (Å²) >= 11 is 0. The van der Waals surface area contributed by atoms with Crippen molar-refractivity contribution in [3.05, 3.63) is 0 Å². The average molecular weight is 342 g/mol. The fourth-order valence-electron chi connectivity index (χ4n) is 3.60. The van der Waals surface area contributed by atoms with Crippen molar-refractivity contribution in [1.82, 2.24) is 0 Å². The second-order valence-corrected chi connectivity index (χ2v) is 9.50. The molecular formula is C19H34O5. The van der Waals surface area contributed by atoms with Crippen molar-refractivity contribution in [2.24, 2.45) is 16.7 Å². The van der Waals surface area contributed by atoms with Crippen LogP contribution in [0.3, 0.4) is 0 Å². The lowest BCUT2D eigenvalue weighted by molar-refractivity contribution is -0.284. The van der Waals surface area contributed by atoms with Crippen molar-refractivity contribution in [2.45, 2.75) is 93.2 Å². The Bertz CT molecular complexity index is 481. The van der Waals surface area contributed by atoms with Crippen LogP contribution in [0, 0.1) is 16.7 Å². The van der Waals surface area contributed by atoms with E-state index in [1.165, 1.54) is 13.8 Å². The van der Waals surface area contributed by atoms with Crippen LogP contribution in [0.2, 0.25) is 0 Å². The maximum atomic E-state index is 11.8. The van der Waals surface area contributed by atoms with E-state index in [0.29, 0.717) is 0 Å². The lowest BCUT2D eigenvalue weighted by atomic mass is 9.63. The Labute approximate surface area is 146 Å². The van der Waals surface area contributed by atoms with Crippen molar-refractivity contribution in [3.8, 4) is 0 Å². The van der Waals surface area contributed by atoms with Crippen molar-refractivity contribution >= 4 is 11.9 Å². The monoisotopic (exact) mass is 342 g/mol. The maximum Gasteiger partial charge on any atom is 0.303 e. The third-order valence-corrected chi connectivity index (χ3v) is 4.54. The zero-order valence-corrected chi connectivity index (χ0v) is 16.9. The van der Waals surface area contributed by atoms with Crippen LogP contribution >= 0.6 is 0 Å². The summed E-state index contributed by atoms with van der Waals surface area (Å²) in [7, 11) is 0. The lowest BCUT2D eigenvalue weighted by Gasteiger charge is -2.56. The van der Waals surface area contributed by atoms with Crippen molar-refractivity contribution in [3.63, 3.8) is 0 Å². The SMILES string of the molecule is CC(=O)O[C@H]1C(C(C)(C)C)C(C(C)(C)C)OC(C)(C)[C@H]1OC(C)=O.